The van der Waals surface area contributed by atoms with Crippen LogP contribution < -0.4 is 4.74 Å². The van der Waals surface area contributed by atoms with Crippen LogP contribution in [0.3, 0.4) is 0 Å². The fourth-order valence-electron chi connectivity index (χ4n) is 1.26. The van der Waals surface area contributed by atoms with Gasteiger partial charge in [-0.1, -0.05) is 29.3 Å². The molecule has 0 aliphatic rings. The van der Waals surface area contributed by atoms with Crippen molar-refractivity contribution in [2.75, 3.05) is 13.2 Å². The second-order valence-corrected chi connectivity index (χ2v) is 4.68. The molecule has 1 rings (SSSR count). The predicted octanol–water partition coefficient (Wildman–Crippen LogP) is 3.45. The van der Waals surface area contributed by atoms with Crippen LogP contribution in [0.15, 0.2) is 30.4 Å². The van der Waals surface area contributed by atoms with Gasteiger partial charge in [-0.15, -0.1) is 0 Å². The van der Waals surface area contributed by atoms with E-state index in [1.165, 1.54) is 6.92 Å². The summed E-state index contributed by atoms with van der Waals surface area (Å²) >= 11 is 11.8. The Kier molecular flexibility index (Phi) is 7.12. The van der Waals surface area contributed by atoms with Crippen LogP contribution in [0.5, 0.6) is 5.75 Å². The topological polar surface area (TPSA) is 52.6 Å². The van der Waals surface area contributed by atoms with E-state index in [9.17, 15) is 9.59 Å². The molecule has 1 aromatic carbocycles. The lowest BCUT2D eigenvalue weighted by atomic mass is 10.3. The number of halogens is 2. The molecule has 6 heteroatoms. The van der Waals surface area contributed by atoms with Crippen molar-refractivity contribution in [1.82, 2.24) is 0 Å². The van der Waals surface area contributed by atoms with E-state index < -0.39 is 5.97 Å². The molecule has 0 saturated heterocycles. The fraction of sp³-hybridized carbons (Fsp3) is 0.286. The summed E-state index contributed by atoms with van der Waals surface area (Å²) in [7, 11) is 0. The first kappa shape index (κ1) is 16.5. The lowest BCUT2D eigenvalue weighted by Gasteiger charge is -2.06. The second-order valence-electron chi connectivity index (χ2n) is 3.90. The van der Waals surface area contributed by atoms with E-state index in [0.717, 1.165) is 0 Å². The minimum Gasteiger partial charge on any atom is -0.488 e. The standard InChI is InChI=1S/C14H14Cl2O4/c1-10(17)9-13(18)20-8-3-2-7-19-12-6-4-5-11(15)14(12)16/h2-6H,7-9H2,1H3. The van der Waals surface area contributed by atoms with Gasteiger partial charge in [0.25, 0.3) is 0 Å². The number of carbonyl (C=O) groups is 2. The van der Waals surface area contributed by atoms with Crippen LogP contribution in [0, 0.1) is 0 Å². The molecule has 4 nitrogen and oxygen atoms in total. The number of Topliss-reactive ketones (excluding diaryl/α,β-unsaturated/α-hetero) is 1. The average molecular weight is 317 g/mol. The number of ketones is 1. The van der Waals surface area contributed by atoms with Gasteiger partial charge in [-0.2, -0.15) is 0 Å². The molecule has 0 N–H and O–H groups in total. The molecule has 0 radical (unpaired) electrons. The summed E-state index contributed by atoms with van der Waals surface area (Å²) in [5.41, 5.74) is 0. The van der Waals surface area contributed by atoms with E-state index in [1.54, 1.807) is 30.4 Å². The molecule has 0 saturated carbocycles. The molecule has 0 fully saturated rings. The molecule has 108 valence electrons. The summed E-state index contributed by atoms with van der Waals surface area (Å²) in [6.45, 7) is 1.70. The third-order valence-corrected chi connectivity index (χ3v) is 2.95. The number of hydrogen-bond acceptors (Lipinski definition) is 4. The Hall–Kier alpha value is -1.52. The first-order valence-corrected chi connectivity index (χ1v) is 6.63. The van der Waals surface area contributed by atoms with Gasteiger partial charge in [0.2, 0.25) is 0 Å². The van der Waals surface area contributed by atoms with E-state index in [2.05, 4.69) is 0 Å². The smallest absolute Gasteiger partial charge is 0.313 e. The van der Waals surface area contributed by atoms with Crippen LogP contribution in [0.2, 0.25) is 10.0 Å². The van der Waals surface area contributed by atoms with Gasteiger partial charge >= 0.3 is 5.97 Å². The van der Waals surface area contributed by atoms with E-state index >= 15 is 0 Å². The third-order valence-electron chi connectivity index (χ3n) is 2.15. The molecule has 20 heavy (non-hydrogen) atoms. The van der Waals surface area contributed by atoms with Crippen LogP contribution in [0.1, 0.15) is 13.3 Å². The highest BCUT2D eigenvalue weighted by Crippen LogP contribution is 2.31. The summed E-state index contributed by atoms with van der Waals surface area (Å²) in [6.07, 6.45) is 3.09. The Morgan fingerprint density at radius 2 is 1.90 bits per heavy atom. The molecule has 0 amide bonds. The van der Waals surface area contributed by atoms with Gasteiger partial charge in [-0.25, -0.2) is 0 Å². The Morgan fingerprint density at radius 1 is 1.20 bits per heavy atom. The molecule has 0 bridgehead atoms. The molecule has 0 aliphatic heterocycles. The minimum atomic E-state index is -0.541. The van der Waals surface area contributed by atoms with Crippen molar-refractivity contribution in [2.24, 2.45) is 0 Å². The molecule has 0 heterocycles. The molecule has 0 atom stereocenters. The van der Waals surface area contributed by atoms with Gasteiger partial charge in [0, 0.05) is 0 Å². The highest BCUT2D eigenvalue weighted by molar-refractivity contribution is 6.42. The monoisotopic (exact) mass is 316 g/mol. The van der Waals surface area contributed by atoms with Gasteiger partial charge in [-0.05, 0) is 31.2 Å². The first-order valence-electron chi connectivity index (χ1n) is 5.87. The van der Waals surface area contributed by atoms with Crippen LogP contribution in [0.4, 0.5) is 0 Å². The van der Waals surface area contributed by atoms with E-state index in [4.69, 9.17) is 32.7 Å². The number of ether oxygens (including phenoxy) is 2. The lowest BCUT2D eigenvalue weighted by Crippen LogP contribution is -2.08. The zero-order chi connectivity index (χ0) is 15.0. The lowest BCUT2D eigenvalue weighted by molar-refractivity contribution is -0.144. The highest BCUT2D eigenvalue weighted by atomic mass is 35.5. The third kappa shape index (κ3) is 6.08. The number of rotatable bonds is 7. The SMILES string of the molecule is CC(=O)CC(=O)OCC=CCOc1cccc(Cl)c1Cl. The van der Waals surface area contributed by atoms with Crippen molar-refractivity contribution in [1.29, 1.82) is 0 Å². The van der Waals surface area contributed by atoms with Crippen molar-refractivity contribution < 1.29 is 19.1 Å². The Labute approximate surface area is 127 Å². The Bertz CT molecular complexity index is 512. The number of benzene rings is 1. The van der Waals surface area contributed by atoms with Gasteiger partial charge < -0.3 is 9.47 Å². The van der Waals surface area contributed by atoms with Crippen LogP contribution in [-0.4, -0.2) is 25.0 Å². The average Bonchev–Trinajstić information content (AvgIpc) is 2.37. The minimum absolute atomic E-state index is 0.0960. The van der Waals surface area contributed by atoms with Crippen molar-refractivity contribution in [3.05, 3.63) is 40.4 Å². The quantitative estimate of drug-likeness (QED) is 0.439. The summed E-state index contributed by atoms with van der Waals surface area (Å²) in [5.74, 6) is -0.281. The highest BCUT2D eigenvalue weighted by Gasteiger charge is 2.05. The summed E-state index contributed by atoms with van der Waals surface area (Å²) in [4.78, 5) is 21.7. The molecule has 0 unspecified atom stereocenters. The largest absolute Gasteiger partial charge is 0.488 e. The Balaban J connectivity index is 2.27. The molecule has 0 aliphatic carbocycles. The Morgan fingerprint density at radius 3 is 2.60 bits per heavy atom. The molecular formula is C14H14Cl2O4. The van der Waals surface area contributed by atoms with Crippen molar-refractivity contribution in [3.8, 4) is 5.75 Å². The molecule has 0 aromatic heterocycles. The van der Waals surface area contributed by atoms with Gasteiger partial charge in [0.05, 0.1) is 5.02 Å². The maximum atomic E-state index is 11.0. The van der Waals surface area contributed by atoms with Gasteiger partial charge in [-0.3, -0.25) is 9.59 Å². The zero-order valence-electron chi connectivity index (χ0n) is 10.9. The maximum Gasteiger partial charge on any atom is 0.313 e. The predicted molar refractivity (Wildman–Crippen MR) is 77.4 cm³/mol. The van der Waals surface area contributed by atoms with Crippen molar-refractivity contribution >= 4 is 35.0 Å². The van der Waals surface area contributed by atoms with Crippen molar-refractivity contribution in [2.45, 2.75) is 13.3 Å². The fourth-order valence-corrected chi connectivity index (χ4v) is 1.61. The maximum absolute atomic E-state index is 11.0. The van der Waals surface area contributed by atoms with Crippen LogP contribution >= 0.6 is 23.2 Å². The van der Waals surface area contributed by atoms with E-state index in [1.807, 2.05) is 0 Å². The zero-order valence-corrected chi connectivity index (χ0v) is 12.4. The number of carbonyl (C=O) groups excluding carboxylic acids is 2. The van der Waals surface area contributed by atoms with Gasteiger partial charge in [0.1, 0.15) is 36.2 Å². The summed E-state index contributed by atoms with van der Waals surface area (Å²) in [6, 6.07) is 5.10. The van der Waals surface area contributed by atoms with E-state index in [0.29, 0.717) is 15.8 Å². The summed E-state index contributed by atoms with van der Waals surface area (Å²) < 4.78 is 10.2. The van der Waals surface area contributed by atoms with Crippen molar-refractivity contribution in [3.63, 3.8) is 0 Å². The van der Waals surface area contributed by atoms with Gasteiger partial charge in [0.15, 0.2) is 0 Å². The normalized spacial score (nSPS) is 10.6. The molecule has 1 aromatic rings. The van der Waals surface area contributed by atoms with Crippen LogP contribution in [0.25, 0.3) is 0 Å². The summed E-state index contributed by atoms with van der Waals surface area (Å²) in [5, 5.41) is 0.779. The van der Waals surface area contributed by atoms with E-state index in [-0.39, 0.29) is 25.4 Å². The first-order chi connectivity index (χ1) is 9.50. The molecular weight excluding hydrogens is 303 g/mol. The number of hydrogen-bond donors (Lipinski definition) is 0. The second kappa shape index (κ2) is 8.61. The van der Waals surface area contributed by atoms with Crippen LogP contribution in [-0.2, 0) is 14.3 Å². The number of esters is 1. The molecule has 0 spiro atoms.